The van der Waals surface area contributed by atoms with Crippen LogP contribution in [-0.2, 0) is 6.61 Å². The lowest BCUT2D eigenvalue weighted by atomic mass is 9.83. The molecule has 1 atom stereocenters. The van der Waals surface area contributed by atoms with Crippen molar-refractivity contribution in [1.82, 2.24) is 0 Å². The highest BCUT2D eigenvalue weighted by Crippen LogP contribution is 2.44. The van der Waals surface area contributed by atoms with Gasteiger partial charge in [0.25, 0.3) is 0 Å². The predicted octanol–water partition coefficient (Wildman–Crippen LogP) is 6.10. The molecule has 0 bridgehead atoms. The van der Waals surface area contributed by atoms with E-state index in [4.69, 9.17) is 24.7 Å². The molecule has 1 aliphatic heterocycles. The summed E-state index contributed by atoms with van der Waals surface area (Å²) in [5.41, 5.74) is 9.42. The second-order valence-electron chi connectivity index (χ2n) is 8.82. The zero-order chi connectivity index (χ0) is 27.2. The minimum atomic E-state index is -0.534. The summed E-state index contributed by atoms with van der Waals surface area (Å²) in [5.74, 6) is 0.923. The fourth-order valence-electron chi connectivity index (χ4n) is 4.41. The number of carbonyl (C=O) groups is 1. The average molecular weight is 519 g/mol. The normalized spacial score (nSPS) is 14.0. The van der Waals surface area contributed by atoms with Gasteiger partial charge in [-0.05, 0) is 54.4 Å². The van der Waals surface area contributed by atoms with Crippen LogP contribution < -0.4 is 24.7 Å². The fraction of sp³-hybridized carbons (Fsp3) is 0.125. The number of benzene rings is 4. The van der Waals surface area contributed by atoms with Gasteiger partial charge in [0.15, 0.2) is 0 Å². The first-order valence-corrected chi connectivity index (χ1v) is 12.5. The molecule has 7 nitrogen and oxygen atoms in total. The Labute approximate surface area is 226 Å². The average Bonchev–Trinajstić information content (AvgIpc) is 2.96. The maximum Gasteiger partial charge on any atom is 0.343 e. The van der Waals surface area contributed by atoms with E-state index in [0.717, 1.165) is 16.7 Å². The van der Waals surface area contributed by atoms with Crippen molar-refractivity contribution >= 4 is 5.97 Å². The van der Waals surface area contributed by atoms with Crippen LogP contribution in [0.1, 0.15) is 39.9 Å². The Morgan fingerprint density at radius 1 is 0.897 bits per heavy atom. The third kappa shape index (κ3) is 5.71. The van der Waals surface area contributed by atoms with Gasteiger partial charge in [0.05, 0.1) is 18.1 Å². The van der Waals surface area contributed by atoms with Crippen LogP contribution in [-0.4, -0.2) is 12.6 Å². The van der Waals surface area contributed by atoms with Gasteiger partial charge >= 0.3 is 5.97 Å². The third-order valence-electron chi connectivity index (χ3n) is 6.22. The lowest BCUT2D eigenvalue weighted by molar-refractivity contribution is 0.0734. The summed E-state index contributed by atoms with van der Waals surface area (Å²) in [7, 11) is 0. The van der Waals surface area contributed by atoms with Gasteiger partial charge < -0.3 is 24.7 Å². The van der Waals surface area contributed by atoms with Crippen molar-refractivity contribution in [2.24, 2.45) is 5.73 Å². The first-order chi connectivity index (χ1) is 19.1. The number of nitriles is 1. The summed E-state index contributed by atoms with van der Waals surface area (Å²) in [5, 5.41) is 9.92. The van der Waals surface area contributed by atoms with Crippen molar-refractivity contribution in [3.63, 3.8) is 0 Å². The molecule has 39 heavy (non-hydrogen) atoms. The van der Waals surface area contributed by atoms with Crippen LogP contribution in [0.25, 0.3) is 0 Å². The number of hydrogen-bond acceptors (Lipinski definition) is 7. The van der Waals surface area contributed by atoms with Gasteiger partial charge in [-0.3, -0.25) is 0 Å². The van der Waals surface area contributed by atoms with Gasteiger partial charge in [-0.15, -0.1) is 0 Å². The van der Waals surface area contributed by atoms with Crippen LogP contribution in [0.2, 0.25) is 0 Å². The van der Waals surface area contributed by atoms with E-state index in [1.165, 1.54) is 0 Å². The first kappa shape index (κ1) is 25.4. The SMILES string of the molecule is CCOc1cccc(C(=O)Oc2ccc3c(c2)OC(N)=C(C#N)C3c2cccc(OCc3ccccc3)c2)c1. The maximum absolute atomic E-state index is 12.8. The molecule has 0 fully saturated rings. The minimum absolute atomic E-state index is 0.00139. The van der Waals surface area contributed by atoms with Crippen LogP contribution >= 0.6 is 0 Å². The molecule has 5 rings (SSSR count). The number of nitrogens with two attached hydrogens (primary N) is 1. The highest BCUT2D eigenvalue weighted by atomic mass is 16.5. The number of allylic oxidation sites excluding steroid dienone is 1. The van der Waals surface area contributed by atoms with Crippen molar-refractivity contribution in [2.75, 3.05) is 6.61 Å². The molecule has 0 radical (unpaired) electrons. The van der Waals surface area contributed by atoms with Crippen LogP contribution in [0.15, 0.2) is 109 Å². The van der Waals surface area contributed by atoms with Crippen molar-refractivity contribution in [1.29, 1.82) is 5.26 Å². The molecule has 1 heterocycles. The summed E-state index contributed by atoms with van der Waals surface area (Å²) in [6.07, 6.45) is 0. The summed E-state index contributed by atoms with van der Waals surface area (Å²) >= 11 is 0. The number of hydrogen-bond donors (Lipinski definition) is 1. The van der Waals surface area contributed by atoms with Crippen molar-refractivity contribution in [3.8, 4) is 29.1 Å². The van der Waals surface area contributed by atoms with E-state index in [2.05, 4.69) is 6.07 Å². The summed E-state index contributed by atoms with van der Waals surface area (Å²) < 4.78 is 22.9. The smallest absolute Gasteiger partial charge is 0.343 e. The molecule has 1 unspecified atom stereocenters. The Morgan fingerprint density at radius 3 is 2.44 bits per heavy atom. The monoisotopic (exact) mass is 518 g/mol. The van der Waals surface area contributed by atoms with Crippen LogP contribution in [0.5, 0.6) is 23.0 Å². The highest BCUT2D eigenvalue weighted by Gasteiger charge is 2.31. The quantitative estimate of drug-likeness (QED) is 0.222. The molecular weight excluding hydrogens is 492 g/mol. The van der Waals surface area contributed by atoms with E-state index in [0.29, 0.717) is 41.6 Å². The molecule has 0 amide bonds. The van der Waals surface area contributed by atoms with E-state index in [-0.39, 0.29) is 11.6 Å². The maximum atomic E-state index is 12.8. The van der Waals surface area contributed by atoms with E-state index < -0.39 is 11.9 Å². The standard InChI is InChI=1S/C32H26N2O5/c1-2-36-24-12-7-11-23(17-24)32(35)38-26-14-15-27-29(18-26)39-31(34)28(19-33)30(27)22-10-6-13-25(16-22)37-20-21-8-4-3-5-9-21/h3-18,30H,2,20,34H2,1H3. The zero-order valence-electron chi connectivity index (χ0n) is 21.3. The second kappa shape index (κ2) is 11.4. The molecule has 0 saturated heterocycles. The molecule has 194 valence electrons. The largest absolute Gasteiger partial charge is 0.494 e. The van der Waals surface area contributed by atoms with E-state index in [9.17, 15) is 10.1 Å². The van der Waals surface area contributed by atoms with Gasteiger partial charge in [0, 0.05) is 11.6 Å². The van der Waals surface area contributed by atoms with Gasteiger partial charge in [0.1, 0.15) is 41.2 Å². The number of fused-ring (bicyclic) bond motifs is 1. The van der Waals surface area contributed by atoms with Gasteiger partial charge in [-0.25, -0.2) is 4.79 Å². The topological polar surface area (TPSA) is 104 Å². The molecule has 0 saturated carbocycles. The number of rotatable bonds is 8. The summed E-state index contributed by atoms with van der Waals surface area (Å²) in [4.78, 5) is 12.8. The Morgan fingerprint density at radius 2 is 1.67 bits per heavy atom. The predicted molar refractivity (Wildman–Crippen MR) is 146 cm³/mol. The number of nitrogens with zero attached hydrogens (tertiary/aromatic N) is 1. The lowest BCUT2D eigenvalue weighted by Crippen LogP contribution is -2.21. The molecule has 4 aromatic carbocycles. The van der Waals surface area contributed by atoms with Crippen LogP contribution in [0, 0.1) is 11.3 Å². The molecule has 0 spiro atoms. The fourth-order valence-corrected chi connectivity index (χ4v) is 4.41. The van der Waals surface area contributed by atoms with Crippen molar-refractivity contribution in [3.05, 3.63) is 131 Å². The van der Waals surface area contributed by atoms with Gasteiger partial charge in [-0.1, -0.05) is 54.6 Å². The number of esters is 1. The summed E-state index contributed by atoms with van der Waals surface area (Å²) in [6, 6.07) is 31.5. The van der Waals surface area contributed by atoms with Crippen molar-refractivity contribution < 1.29 is 23.7 Å². The molecule has 0 aromatic heterocycles. The number of carbonyl (C=O) groups excluding carboxylic acids is 1. The second-order valence-corrected chi connectivity index (χ2v) is 8.82. The minimum Gasteiger partial charge on any atom is -0.494 e. The molecule has 2 N–H and O–H groups in total. The molecular formula is C32H26N2O5. The Balaban J connectivity index is 1.40. The zero-order valence-corrected chi connectivity index (χ0v) is 21.3. The van der Waals surface area contributed by atoms with Crippen LogP contribution in [0.4, 0.5) is 0 Å². The molecule has 4 aromatic rings. The Bertz CT molecular complexity index is 1570. The Hall–Kier alpha value is -5.22. The van der Waals surface area contributed by atoms with E-state index >= 15 is 0 Å². The first-order valence-electron chi connectivity index (χ1n) is 12.5. The van der Waals surface area contributed by atoms with Crippen LogP contribution in [0.3, 0.4) is 0 Å². The molecule has 1 aliphatic rings. The van der Waals surface area contributed by atoms with Gasteiger partial charge in [0.2, 0.25) is 5.88 Å². The third-order valence-corrected chi connectivity index (χ3v) is 6.22. The molecule has 7 heteroatoms. The highest BCUT2D eigenvalue weighted by molar-refractivity contribution is 5.91. The Kier molecular flexibility index (Phi) is 7.46. The van der Waals surface area contributed by atoms with E-state index in [1.54, 1.807) is 42.5 Å². The van der Waals surface area contributed by atoms with Gasteiger partial charge in [-0.2, -0.15) is 5.26 Å². The lowest BCUT2D eigenvalue weighted by Gasteiger charge is -2.27. The molecule has 0 aliphatic carbocycles. The van der Waals surface area contributed by atoms with E-state index in [1.807, 2.05) is 61.5 Å². The number of ether oxygens (including phenoxy) is 4. The van der Waals surface area contributed by atoms with Crippen molar-refractivity contribution in [2.45, 2.75) is 19.4 Å². The summed E-state index contributed by atoms with van der Waals surface area (Å²) in [6.45, 7) is 2.78.